The van der Waals surface area contributed by atoms with Gasteiger partial charge in [0.15, 0.2) is 5.60 Å². The maximum Gasteiger partial charge on any atom is 0.255 e. The molecular weight excluding hydrogens is 332 g/mol. The van der Waals surface area contributed by atoms with Crippen molar-refractivity contribution in [3.05, 3.63) is 23.9 Å². The monoisotopic (exact) mass is 362 g/mol. The van der Waals surface area contributed by atoms with Gasteiger partial charge < -0.3 is 19.6 Å². The topological polar surface area (TPSA) is 69.1 Å². The van der Waals surface area contributed by atoms with Gasteiger partial charge in [0.25, 0.3) is 5.91 Å². The van der Waals surface area contributed by atoms with E-state index in [9.17, 15) is 9.90 Å². The van der Waals surface area contributed by atoms with E-state index in [2.05, 4.69) is 27.8 Å². The largest absolute Gasteiger partial charge is 0.383 e. The summed E-state index contributed by atoms with van der Waals surface area (Å²) in [5.41, 5.74) is -0.0638. The van der Waals surface area contributed by atoms with E-state index in [1.54, 1.807) is 12.0 Å². The number of hydrogen-bond donors (Lipinski definition) is 1. The second-order valence-electron chi connectivity index (χ2n) is 7.37. The molecular formula is C19H30N4O3. The minimum absolute atomic E-state index is 0.149. The smallest absolute Gasteiger partial charge is 0.255 e. The number of likely N-dealkylation sites (tertiary alicyclic amines) is 1. The molecule has 0 saturated carbocycles. The first-order valence-corrected chi connectivity index (χ1v) is 9.42. The minimum Gasteiger partial charge on any atom is -0.383 e. The van der Waals surface area contributed by atoms with Crippen molar-refractivity contribution in [3.8, 4) is 0 Å². The number of β-amino-alcohol motifs (C(OH)–C–C–N with tert-alkyl or cyclic N) is 1. The number of nitrogens with zero attached hydrogens (tertiary/aromatic N) is 4. The van der Waals surface area contributed by atoms with Gasteiger partial charge in [0.05, 0.1) is 6.61 Å². The fraction of sp³-hybridized carbons (Fsp3) is 0.684. The van der Waals surface area contributed by atoms with Crippen LogP contribution in [0.25, 0.3) is 0 Å². The van der Waals surface area contributed by atoms with Crippen LogP contribution in [-0.4, -0.2) is 90.9 Å². The van der Waals surface area contributed by atoms with Crippen LogP contribution in [0.1, 0.15) is 18.4 Å². The third kappa shape index (κ3) is 4.34. The first kappa shape index (κ1) is 19.1. The molecule has 144 valence electrons. The number of amides is 1. The molecule has 0 aromatic carbocycles. The van der Waals surface area contributed by atoms with E-state index in [1.165, 1.54) is 5.56 Å². The van der Waals surface area contributed by atoms with Crippen LogP contribution in [0, 0.1) is 6.92 Å². The zero-order chi connectivity index (χ0) is 18.6. The highest BCUT2D eigenvalue weighted by molar-refractivity contribution is 5.86. The van der Waals surface area contributed by atoms with Crippen LogP contribution in [0.3, 0.4) is 0 Å². The van der Waals surface area contributed by atoms with Gasteiger partial charge in [-0.3, -0.25) is 9.69 Å². The molecule has 7 nitrogen and oxygen atoms in total. The van der Waals surface area contributed by atoms with Crippen molar-refractivity contribution in [3.63, 3.8) is 0 Å². The summed E-state index contributed by atoms with van der Waals surface area (Å²) in [4.78, 5) is 23.4. The van der Waals surface area contributed by atoms with Crippen LogP contribution in [0.5, 0.6) is 0 Å². The zero-order valence-electron chi connectivity index (χ0n) is 15.9. The van der Waals surface area contributed by atoms with Crippen LogP contribution in [0.15, 0.2) is 18.3 Å². The van der Waals surface area contributed by atoms with Gasteiger partial charge in [0.1, 0.15) is 5.82 Å². The molecule has 2 aliphatic heterocycles. The SMILES string of the molecule is COCCN1CCC[C@@](O)(CN2CCN(c3cc(C)ccn3)CC2)C1=O. The Morgan fingerprint density at radius 3 is 2.73 bits per heavy atom. The highest BCUT2D eigenvalue weighted by atomic mass is 16.5. The molecule has 1 aromatic rings. The molecule has 0 radical (unpaired) electrons. The Morgan fingerprint density at radius 1 is 1.27 bits per heavy atom. The lowest BCUT2D eigenvalue weighted by Crippen LogP contribution is -2.61. The van der Waals surface area contributed by atoms with Gasteiger partial charge in [-0.05, 0) is 37.5 Å². The van der Waals surface area contributed by atoms with E-state index in [1.807, 2.05) is 12.3 Å². The summed E-state index contributed by atoms with van der Waals surface area (Å²) in [5.74, 6) is 0.853. The number of carbonyl (C=O) groups excluding carboxylic acids is 1. The van der Waals surface area contributed by atoms with Gasteiger partial charge in [-0.1, -0.05) is 0 Å². The Morgan fingerprint density at radius 2 is 2.04 bits per heavy atom. The van der Waals surface area contributed by atoms with Gasteiger partial charge in [0, 0.05) is 59.1 Å². The van der Waals surface area contributed by atoms with Crippen molar-refractivity contribution in [1.29, 1.82) is 0 Å². The number of aryl methyl sites for hydroxylation is 1. The lowest BCUT2D eigenvalue weighted by molar-refractivity contribution is -0.160. The third-order valence-corrected chi connectivity index (χ3v) is 5.35. The number of hydrogen-bond acceptors (Lipinski definition) is 6. The number of aromatic nitrogens is 1. The molecule has 0 bridgehead atoms. The number of rotatable bonds is 6. The molecule has 3 rings (SSSR count). The molecule has 26 heavy (non-hydrogen) atoms. The van der Waals surface area contributed by atoms with E-state index >= 15 is 0 Å². The zero-order valence-corrected chi connectivity index (χ0v) is 15.9. The number of anilines is 1. The number of methoxy groups -OCH3 is 1. The third-order valence-electron chi connectivity index (χ3n) is 5.35. The molecule has 0 spiro atoms. The molecule has 2 saturated heterocycles. The summed E-state index contributed by atoms with van der Waals surface area (Å²) < 4.78 is 5.08. The van der Waals surface area contributed by atoms with Crippen molar-refractivity contribution >= 4 is 11.7 Å². The number of piperidine rings is 1. The maximum absolute atomic E-state index is 12.7. The van der Waals surface area contributed by atoms with Gasteiger partial charge in [0.2, 0.25) is 0 Å². The lowest BCUT2D eigenvalue weighted by atomic mass is 9.91. The fourth-order valence-electron chi connectivity index (χ4n) is 3.82. The van der Waals surface area contributed by atoms with E-state index in [-0.39, 0.29) is 5.91 Å². The molecule has 0 unspecified atom stereocenters. The Bertz CT molecular complexity index is 619. The van der Waals surface area contributed by atoms with Gasteiger partial charge in [-0.25, -0.2) is 4.98 Å². The van der Waals surface area contributed by atoms with Gasteiger partial charge in [-0.2, -0.15) is 0 Å². The second-order valence-corrected chi connectivity index (χ2v) is 7.37. The minimum atomic E-state index is -1.27. The predicted octanol–water partition coefficient (Wildman–Crippen LogP) is 0.512. The molecule has 0 aliphatic carbocycles. The van der Waals surface area contributed by atoms with E-state index < -0.39 is 5.60 Å². The predicted molar refractivity (Wildman–Crippen MR) is 100 cm³/mol. The van der Waals surface area contributed by atoms with Crippen molar-refractivity contribution < 1.29 is 14.6 Å². The number of pyridine rings is 1. The summed E-state index contributed by atoms with van der Waals surface area (Å²) in [6.45, 7) is 7.59. The van der Waals surface area contributed by atoms with Crippen LogP contribution in [0.2, 0.25) is 0 Å². The Kier molecular flexibility index (Phi) is 6.11. The highest BCUT2D eigenvalue weighted by Crippen LogP contribution is 2.25. The van der Waals surface area contributed by atoms with Crippen LogP contribution in [0.4, 0.5) is 5.82 Å². The van der Waals surface area contributed by atoms with Crippen LogP contribution in [-0.2, 0) is 9.53 Å². The molecule has 7 heteroatoms. The van der Waals surface area contributed by atoms with Gasteiger partial charge in [-0.15, -0.1) is 0 Å². The summed E-state index contributed by atoms with van der Waals surface area (Å²) in [6, 6.07) is 4.10. The van der Waals surface area contributed by atoms with E-state index in [4.69, 9.17) is 4.74 Å². The molecule has 1 atom stereocenters. The van der Waals surface area contributed by atoms with Crippen molar-refractivity contribution in [1.82, 2.24) is 14.8 Å². The first-order chi connectivity index (χ1) is 12.5. The van der Waals surface area contributed by atoms with E-state index in [0.29, 0.717) is 32.7 Å². The van der Waals surface area contributed by atoms with Crippen molar-refractivity contribution in [2.24, 2.45) is 0 Å². The molecule has 1 amide bonds. The van der Waals surface area contributed by atoms with E-state index in [0.717, 1.165) is 38.4 Å². The lowest BCUT2D eigenvalue weighted by Gasteiger charge is -2.43. The summed E-state index contributed by atoms with van der Waals surface area (Å²) in [5, 5.41) is 11.0. The number of ether oxygens (including phenoxy) is 1. The maximum atomic E-state index is 12.7. The molecule has 2 aliphatic rings. The Hall–Kier alpha value is -1.70. The molecule has 2 fully saturated rings. The summed E-state index contributed by atoms with van der Waals surface area (Å²) in [6.07, 6.45) is 3.21. The van der Waals surface area contributed by atoms with Gasteiger partial charge >= 0.3 is 0 Å². The second kappa shape index (κ2) is 8.33. The van der Waals surface area contributed by atoms with Crippen molar-refractivity contribution in [2.45, 2.75) is 25.4 Å². The Balaban J connectivity index is 1.55. The number of piperazine rings is 1. The van der Waals surface area contributed by atoms with Crippen LogP contribution < -0.4 is 4.90 Å². The average molecular weight is 362 g/mol. The number of aliphatic hydroxyl groups is 1. The quantitative estimate of drug-likeness (QED) is 0.795. The normalized spacial score (nSPS) is 25.0. The molecule has 3 heterocycles. The average Bonchev–Trinajstić information content (AvgIpc) is 2.64. The highest BCUT2D eigenvalue weighted by Gasteiger charge is 2.43. The Labute approximate surface area is 155 Å². The van der Waals surface area contributed by atoms with Crippen LogP contribution >= 0.6 is 0 Å². The standard InChI is InChI=1S/C19H30N4O3/c1-16-4-6-20-17(14-16)22-10-8-21(9-11-22)15-19(25)5-3-7-23(18(19)24)12-13-26-2/h4,6,14,25H,3,5,7-13,15H2,1-2H3/t19-/m1/s1. The summed E-state index contributed by atoms with van der Waals surface area (Å²) in [7, 11) is 1.63. The van der Waals surface area contributed by atoms with Crippen molar-refractivity contribution in [2.75, 3.05) is 64.4 Å². The summed E-state index contributed by atoms with van der Waals surface area (Å²) >= 11 is 0. The molecule has 1 N–H and O–H groups in total. The first-order valence-electron chi connectivity index (χ1n) is 9.42. The number of carbonyl (C=O) groups is 1. The fourth-order valence-corrected chi connectivity index (χ4v) is 3.82. The molecule has 1 aromatic heterocycles.